The summed E-state index contributed by atoms with van der Waals surface area (Å²) in [6.45, 7) is 3.45. The summed E-state index contributed by atoms with van der Waals surface area (Å²) in [4.78, 5) is 12.7. The Kier molecular flexibility index (Phi) is 7.95. The van der Waals surface area contributed by atoms with Gasteiger partial charge < -0.3 is 10.6 Å². The lowest BCUT2D eigenvalue weighted by molar-refractivity contribution is 0.225. The number of carbonyl (C=O) groups excluding carboxylic acids is 1. The molecule has 1 saturated carbocycles. The zero-order valence-corrected chi connectivity index (χ0v) is 18.3. The Bertz CT molecular complexity index is 765. The minimum absolute atomic E-state index is 0.0782. The van der Waals surface area contributed by atoms with Gasteiger partial charge in [-0.3, -0.25) is 0 Å². The summed E-state index contributed by atoms with van der Waals surface area (Å²) in [5.41, 5.74) is 0.780. The van der Waals surface area contributed by atoms with Gasteiger partial charge in [0, 0.05) is 25.7 Å². The van der Waals surface area contributed by atoms with E-state index in [9.17, 15) is 13.2 Å². The van der Waals surface area contributed by atoms with E-state index in [2.05, 4.69) is 10.6 Å². The molecule has 2 aliphatic rings. The highest BCUT2D eigenvalue weighted by Crippen LogP contribution is 2.25. The molecule has 7 heteroatoms. The maximum absolute atomic E-state index is 12.9. The first-order valence-electron chi connectivity index (χ1n) is 11.1. The van der Waals surface area contributed by atoms with Crippen molar-refractivity contribution in [2.24, 2.45) is 5.92 Å². The average Bonchev–Trinajstić information content (AvgIpc) is 2.69. The molecule has 1 aromatic carbocycles. The summed E-state index contributed by atoms with van der Waals surface area (Å²) in [6, 6.07) is 7.34. The molecular formula is C22H35N3O3S. The zero-order chi connectivity index (χ0) is 20.7. The molecular weight excluding hydrogens is 386 g/mol. The predicted molar refractivity (Wildman–Crippen MR) is 115 cm³/mol. The van der Waals surface area contributed by atoms with Gasteiger partial charge >= 0.3 is 6.03 Å². The quantitative estimate of drug-likeness (QED) is 0.759. The fourth-order valence-corrected chi connectivity index (χ4v) is 6.11. The number of urea groups is 1. The third kappa shape index (κ3) is 6.19. The Morgan fingerprint density at radius 2 is 1.62 bits per heavy atom. The van der Waals surface area contributed by atoms with E-state index in [0.717, 1.165) is 31.2 Å². The van der Waals surface area contributed by atoms with Crippen LogP contribution < -0.4 is 10.6 Å². The van der Waals surface area contributed by atoms with Crippen molar-refractivity contribution in [1.82, 2.24) is 14.9 Å². The lowest BCUT2D eigenvalue weighted by atomic mass is 9.97. The molecule has 1 aromatic rings. The number of nitrogens with zero attached hydrogens (tertiary/aromatic N) is 1. The molecule has 1 aliphatic heterocycles. The maximum Gasteiger partial charge on any atom is 0.315 e. The molecule has 2 N–H and O–H groups in total. The number of sulfonamides is 1. The van der Waals surface area contributed by atoms with Gasteiger partial charge in [-0.05, 0) is 50.2 Å². The molecule has 3 rings (SSSR count). The van der Waals surface area contributed by atoms with E-state index in [1.54, 1.807) is 16.4 Å². The first kappa shape index (κ1) is 22.1. The van der Waals surface area contributed by atoms with Crippen LogP contribution in [-0.2, 0) is 10.0 Å². The van der Waals surface area contributed by atoms with Gasteiger partial charge in [0.1, 0.15) is 0 Å². The van der Waals surface area contributed by atoms with Crippen molar-refractivity contribution >= 4 is 16.1 Å². The second-order valence-electron chi connectivity index (χ2n) is 8.51. The van der Waals surface area contributed by atoms with Gasteiger partial charge in [0.25, 0.3) is 0 Å². The van der Waals surface area contributed by atoms with Crippen molar-refractivity contribution in [2.45, 2.75) is 75.6 Å². The molecule has 0 unspecified atom stereocenters. The third-order valence-electron chi connectivity index (χ3n) is 6.28. The molecule has 2 amide bonds. The van der Waals surface area contributed by atoms with E-state index in [1.807, 2.05) is 19.1 Å². The van der Waals surface area contributed by atoms with Crippen molar-refractivity contribution in [3.63, 3.8) is 0 Å². The maximum atomic E-state index is 12.9. The minimum atomic E-state index is -3.44. The van der Waals surface area contributed by atoms with Crippen LogP contribution in [0, 0.1) is 12.8 Å². The monoisotopic (exact) mass is 421 g/mol. The topological polar surface area (TPSA) is 78.5 Å². The first-order chi connectivity index (χ1) is 14.0. The molecule has 0 atom stereocenters. The lowest BCUT2D eigenvalue weighted by Gasteiger charge is -2.31. The highest BCUT2D eigenvalue weighted by Gasteiger charge is 2.30. The largest absolute Gasteiger partial charge is 0.338 e. The van der Waals surface area contributed by atoms with Crippen LogP contribution in [0.1, 0.15) is 63.4 Å². The van der Waals surface area contributed by atoms with Crippen LogP contribution in [0.2, 0.25) is 0 Å². The highest BCUT2D eigenvalue weighted by atomic mass is 32.2. The fourth-order valence-electron chi connectivity index (χ4n) is 4.41. The van der Waals surface area contributed by atoms with Crippen molar-refractivity contribution in [1.29, 1.82) is 0 Å². The number of aryl methyl sites for hydroxylation is 1. The number of nitrogens with one attached hydrogen (secondary N) is 2. The smallest absolute Gasteiger partial charge is 0.315 e. The Morgan fingerprint density at radius 3 is 2.28 bits per heavy atom. The van der Waals surface area contributed by atoms with Crippen LogP contribution in [0.25, 0.3) is 0 Å². The molecule has 1 heterocycles. The van der Waals surface area contributed by atoms with E-state index in [0.29, 0.717) is 30.4 Å². The summed E-state index contributed by atoms with van der Waals surface area (Å²) in [7, 11) is -3.44. The molecule has 6 nitrogen and oxygen atoms in total. The zero-order valence-electron chi connectivity index (χ0n) is 17.5. The summed E-state index contributed by atoms with van der Waals surface area (Å²) in [6.07, 6.45) is 9.93. The molecule has 162 valence electrons. The molecule has 1 aliphatic carbocycles. The van der Waals surface area contributed by atoms with Crippen molar-refractivity contribution in [2.75, 3.05) is 19.6 Å². The van der Waals surface area contributed by atoms with Gasteiger partial charge in [-0.25, -0.2) is 13.2 Å². The highest BCUT2D eigenvalue weighted by molar-refractivity contribution is 7.89. The van der Waals surface area contributed by atoms with Crippen molar-refractivity contribution in [3.05, 3.63) is 29.8 Å². The Hall–Kier alpha value is -1.60. The van der Waals surface area contributed by atoms with E-state index in [-0.39, 0.29) is 12.1 Å². The van der Waals surface area contributed by atoms with Crippen LogP contribution >= 0.6 is 0 Å². The molecule has 29 heavy (non-hydrogen) atoms. The number of carbonyl (C=O) groups is 1. The van der Waals surface area contributed by atoms with E-state index in [1.165, 1.54) is 32.1 Å². The second kappa shape index (κ2) is 10.4. The van der Waals surface area contributed by atoms with Crippen LogP contribution in [0.3, 0.4) is 0 Å². The number of rotatable bonds is 5. The van der Waals surface area contributed by atoms with Gasteiger partial charge in [-0.2, -0.15) is 4.31 Å². The van der Waals surface area contributed by atoms with Gasteiger partial charge in [-0.15, -0.1) is 0 Å². The lowest BCUT2D eigenvalue weighted by Crippen LogP contribution is -2.46. The molecule has 0 aromatic heterocycles. The van der Waals surface area contributed by atoms with Crippen LogP contribution in [-0.4, -0.2) is 44.4 Å². The minimum Gasteiger partial charge on any atom is -0.338 e. The Labute approximate surface area is 175 Å². The van der Waals surface area contributed by atoms with Gasteiger partial charge in [-0.1, -0.05) is 50.3 Å². The Balaban J connectivity index is 1.42. The standard InChI is InChI=1S/C22H35N3O3S/c1-18-9-7-8-12-21(18)29(27,28)25-15-13-19(14-16-25)17-23-22(26)24-20-10-5-3-2-4-6-11-20/h7-9,12,19-20H,2-6,10-11,13-17H2,1H3,(H2,23,24,26). The average molecular weight is 422 g/mol. The fraction of sp³-hybridized carbons (Fsp3) is 0.682. The van der Waals surface area contributed by atoms with Gasteiger partial charge in [0.05, 0.1) is 4.90 Å². The van der Waals surface area contributed by atoms with Crippen LogP contribution in [0.5, 0.6) is 0 Å². The number of piperidine rings is 1. The van der Waals surface area contributed by atoms with Crippen LogP contribution in [0.15, 0.2) is 29.2 Å². The summed E-state index contributed by atoms with van der Waals surface area (Å²) < 4.78 is 27.4. The SMILES string of the molecule is Cc1ccccc1S(=O)(=O)N1CCC(CNC(=O)NC2CCCCCCC2)CC1. The summed E-state index contributed by atoms with van der Waals surface area (Å²) in [5, 5.41) is 6.14. The summed E-state index contributed by atoms with van der Waals surface area (Å²) >= 11 is 0. The molecule has 2 fully saturated rings. The van der Waals surface area contributed by atoms with Gasteiger partial charge in [0.15, 0.2) is 0 Å². The van der Waals surface area contributed by atoms with Crippen molar-refractivity contribution in [3.8, 4) is 0 Å². The number of benzene rings is 1. The normalized spacial score (nSPS) is 20.6. The number of hydrogen-bond acceptors (Lipinski definition) is 3. The van der Waals surface area contributed by atoms with Crippen LogP contribution in [0.4, 0.5) is 4.79 Å². The molecule has 0 spiro atoms. The predicted octanol–water partition coefficient (Wildman–Crippen LogP) is 3.81. The van der Waals surface area contributed by atoms with Gasteiger partial charge in [0.2, 0.25) is 10.0 Å². The molecule has 0 bridgehead atoms. The molecule has 0 radical (unpaired) electrons. The molecule has 1 saturated heterocycles. The number of hydrogen-bond donors (Lipinski definition) is 2. The first-order valence-corrected chi connectivity index (χ1v) is 12.5. The Morgan fingerprint density at radius 1 is 1.00 bits per heavy atom. The second-order valence-corrected chi connectivity index (χ2v) is 10.4. The van der Waals surface area contributed by atoms with E-state index in [4.69, 9.17) is 0 Å². The van der Waals surface area contributed by atoms with E-state index < -0.39 is 10.0 Å². The third-order valence-corrected chi connectivity index (χ3v) is 8.34. The van der Waals surface area contributed by atoms with Crippen molar-refractivity contribution < 1.29 is 13.2 Å². The number of amides is 2. The van der Waals surface area contributed by atoms with E-state index >= 15 is 0 Å². The summed E-state index contributed by atoms with van der Waals surface area (Å²) in [5.74, 6) is 0.321.